The van der Waals surface area contributed by atoms with Crippen molar-refractivity contribution in [2.24, 2.45) is 5.73 Å². The van der Waals surface area contributed by atoms with E-state index in [0.29, 0.717) is 23.6 Å². The topological polar surface area (TPSA) is 107 Å². The van der Waals surface area contributed by atoms with Crippen molar-refractivity contribution < 1.29 is 9.21 Å². The number of fused-ring (bicyclic) bond motifs is 1. The summed E-state index contributed by atoms with van der Waals surface area (Å²) in [6.07, 6.45) is 6.10. The Morgan fingerprint density at radius 3 is 2.78 bits per heavy atom. The number of amides is 1. The third-order valence-electron chi connectivity index (χ3n) is 3.76. The highest BCUT2D eigenvalue weighted by atomic mass is 16.4. The van der Waals surface area contributed by atoms with E-state index in [0.717, 1.165) is 17.1 Å². The fourth-order valence-electron chi connectivity index (χ4n) is 2.36. The van der Waals surface area contributed by atoms with Crippen molar-refractivity contribution in [1.82, 2.24) is 15.0 Å². The first-order valence-corrected chi connectivity index (χ1v) is 7.44. The summed E-state index contributed by atoms with van der Waals surface area (Å²) in [4.78, 5) is 23.9. The number of anilines is 1. The van der Waals surface area contributed by atoms with E-state index in [1.54, 1.807) is 6.07 Å². The molecule has 1 aliphatic carbocycles. The average molecular weight is 309 g/mol. The van der Waals surface area contributed by atoms with Gasteiger partial charge in [-0.3, -0.25) is 4.79 Å². The highest BCUT2D eigenvalue weighted by Gasteiger charge is 2.26. The smallest absolute Gasteiger partial charge is 0.304 e. The first kappa shape index (κ1) is 13.7. The van der Waals surface area contributed by atoms with Crippen LogP contribution in [-0.2, 0) is 6.54 Å². The third kappa shape index (κ3) is 2.85. The number of carbonyl (C=O) groups is 1. The monoisotopic (exact) mass is 309 g/mol. The van der Waals surface area contributed by atoms with Crippen LogP contribution in [0.3, 0.4) is 0 Å². The fraction of sp³-hybridized carbons (Fsp3) is 0.250. The summed E-state index contributed by atoms with van der Waals surface area (Å²) in [5.41, 5.74) is 8.16. The Morgan fingerprint density at radius 1 is 1.30 bits per heavy atom. The maximum Gasteiger partial charge on any atom is 0.304 e. The van der Waals surface area contributed by atoms with Crippen LogP contribution in [-0.4, -0.2) is 20.9 Å². The lowest BCUT2D eigenvalue weighted by Gasteiger charge is -2.06. The Morgan fingerprint density at radius 2 is 2.09 bits per heavy atom. The summed E-state index contributed by atoms with van der Waals surface area (Å²) >= 11 is 0. The fourth-order valence-corrected chi connectivity index (χ4v) is 2.36. The van der Waals surface area contributed by atoms with Gasteiger partial charge in [-0.1, -0.05) is 0 Å². The van der Waals surface area contributed by atoms with Crippen molar-refractivity contribution in [3.8, 4) is 0 Å². The van der Waals surface area contributed by atoms with E-state index in [2.05, 4.69) is 20.3 Å². The summed E-state index contributed by atoms with van der Waals surface area (Å²) in [5, 5.41) is 3.28. The molecule has 2 aromatic heterocycles. The summed E-state index contributed by atoms with van der Waals surface area (Å²) in [5.74, 6) is 0.743. The Balaban J connectivity index is 1.47. The van der Waals surface area contributed by atoms with Gasteiger partial charge in [0, 0.05) is 36.1 Å². The van der Waals surface area contributed by atoms with Gasteiger partial charge in [0.1, 0.15) is 11.3 Å². The van der Waals surface area contributed by atoms with E-state index in [1.165, 1.54) is 12.8 Å². The van der Waals surface area contributed by atoms with Gasteiger partial charge in [-0.2, -0.15) is 0 Å². The second-order valence-electron chi connectivity index (χ2n) is 5.64. The minimum atomic E-state index is -0.677. The molecule has 1 amide bonds. The normalized spacial score (nSPS) is 14.1. The van der Waals surface area contributed by atoms with Gasteiger partial charge in [0.25, 0.3) is 5.89 Å². The Hall–Kier alpha value is -2.96. The number of rotatable bonds is 5. The molecule has 0 bridgehead atoms. The molecule has 23 heavy (non-hydrogen) atoms. The maximum atomic E-state index is 11.1. The molecule has 3 aromatic rings. The minimum Gasteiger partial charge on any atom is -0.432 e. The van der Waals surface area contributed by atoms with Crippen molar-refractivity contribution in [3.05, 3.63) is 47.9 Å². The molecule has 0 atom stereocenters. The van der Waals surface area contributed by atoms with Crippen LogP contribution >= 0.6 is 0 Å². The van der Waals surface area contributed by atoms with Crippen LogP contribution in [0.15, 0.2) is 35.0 Å². The van der Waals surface area contributed by atoms with E-state index < -0.39 is 5.91 Å². The molecule has 0 unspecified atom stereocenters. The molecular formula is C16H15N5O2. The van der Waals surface area contributed by atoms with Crippen LogP contribution in [0.5, 0.6) is 0 Å². The number of benzene rings is 1. The molecule has 1 fully saturated rings. The number of nitrogens with two attached hydrogens (primary N) is 1. The zero-order valence-corrected chi connectivity index (χ0v) is 12.3. The highest BCUT2D eigenvalue weighted by Crippen LogP contribution is 2.37. The molecule has 3 N–H and O–H groups in total. The van der Waals surface area contributed by atoms with Crippen LogP contribution < -0.4 is 11.1 Å². The van der Waals surface area contributed by atoms with Crippen LogP contribution in [0.4, 0.5) is 5.69 Å². The van der Waals surface area contributed by atoms with Gasteiger partial charge in [-0.05, 0) is 31.0 Å². The second-order valence-corrected chi connectivity index (χ2v) is 5.64. The van der Waals surface area contributed by atoms with Crippen LogP contribution in [0, 0.1) is 0 Å². The van der Waals surface area contributed by atoms with Gasteiger partial charge < -0.3 is 15.5 Å². The third-order valence-corrected chi connectivity index (χ3v) is 3.76. The molecular weight excluding hydrogens is 294 g/mol. The van der Waals surface area contributed by atoms with Gasteiger partial charge in [0.05, 0.1) is 0 Å². The van der Waals surface area contributed by atoms with E-state index >= 15 is 0 Å². The molecule has 1 aliphatic rings. The first-order chi connectivity index (χ1) is 11.2. The van der Waals surface area contributed by atoms with E-state index in [9.17, 15) is 4.79 Å². The number of nitrogens with one attached hydrogen (secondary N) is 1. The first-order valence-electron chi connectivity index (χ1n) is 7.44. The van der Waals surface area contributed by atoms with E-state index in [4.69, 9.17) is 10.2 Å². The highest BCUT2D eigenvalue weighted by molar-refractivity contribution is 5.91. The second kappa shape index (κ2) is 5.35. The molecule has 1 saturated carbocycles. The Bertz CT molecular complexity index is 868. The molecule has 116 valence electrons. The zero-order chi connectivity index (χ0) is 15.8. The van der Waals surface area contributed by atoms with Crippen molar-refractivity contribution in [2.45, 2.75) is 25.3 Å². The lowest BCUT2D eigenvalue weighted by atomic mass is 10.2. The van der Waals surface area contributed by atoms with Crippen molar-refractivity contribution in [2.75, 3.05) is 5.32 Å². The summed E-state index contributed by atoms with van der Waals surface area (Å²) < 4.78 is 5.26. The molecule has 7 heteroatoms. The molecule has 0 aliphatic heterocycles. The lowest BCUT2D eigenvalue weighted by molar-refractivity contribution is 0.0969. The summed E-state index contributed by atoms with van der Waals surface area (Å²) in [7, 11) is 0. The summed E-state index contributed by atoms with van der Waals surface area (Å²) in [6, 6.07) is 5.42. The number of oxazole rings is 1. The largest absolute Gasteiger partial charge is 0.432 e. The van der Waals surface area contributed by atoms with Crippen molar-refractivity contribution in [3.63, 3.8) is 0 Å². The summed E-state index contributed by atoms with van der Waals surface area (Å²) in [6.45, 7) is 0.608. The lowest BCUT2D eigenvalue weighted by Crippen LogP contribution is -2.10. The molecule has 0 spiro atoms. The molecule has 1 aromatic carbocycles. The molecule has 0 saturated heterocycles. The van der Waals surface area contributed by atoms with Crippen molar-refractivity contribution >= 4 is 22.7 Å². The van der Waals surface area contributed by atoms with Crippen LogP contribution in [0.25, 0.3) is 11.1 Å². The average Bonchev–Trinajstić information content (AvgIpc) is 3.32. The number of nitrogens with zero attached hydrogens (tertiary/aromatic N) is 3. The zero-order valence-electron chi connectivity index (χ0n) is 12.3. The van der Waals surface area contributed by atoms with Gasteiger partial charge in [-0.15, -0.1) is 0 Å². The molecule has 7 nitrogen and oxygen atoms in total. The maximum absolute atomic E-state index is 11.1. The Labute approximate surface area is 131 Å². The van der Waals surface area contributed by atoms with E-state index in [-0.39, 0.29) is 5.89 Å². The van der Waals surface area contributed by atoms with Crippen LogP contribution in [0.2, 0.25) is 0 Å². The van der Waals surface area contributed by atoms with E-state index in [1.807, 2.05) is 24.5 Å². The predicted molar refractivity (Wildman–Crippen MR) is 83.9 cm³/mol. The molecule has 4 rings (SSSR count). The number of primary amides is 1. The number of hydrogen-bond donors (Lipinski definition) is 2. The van der Waals surface area contributed by atoms with Gasteiger partial charge in [0.15, 0.2) is 5.58 Å². The van der Waals surface area contributed by atoms with Gasteiger partial charge in [0.2, 0.25) is 0 Å². The quantitative estimate of drug-likeness (QED) is 0.748. The van der Waals surface area contributed by atoms with Crippen LogP contribution in [0.1, 0.15) is 40.8 Å². The molecule has 2 heterocycles. The van der Waals surface area contributed by atoms with Crippen molar-refractivity contribution in [1.29, 1.82) is 0 Å². The number of hydrogen-bond acceptors (Lipinski definition) is 6. The van der Waals surface area contributed by atoms with Gasteiger partial charge in [-0.25, -0.2) is 15.0 Å². The standard InChI is InChI=1S/C16H15N5O2/c17-14(22)16-21-12-5-11(3-4-13(12)23-16)18-6-9-7-19-15(20-8-9)10-1-2-10/h3-5,7-8,10,18H,1-2,6H2,(H2,17,22). The predicted octanol–water partition coefficient (Wildman–Crippen LogP) is 2.21. The number of aromatic nitrogens is 3. The van der Waals surface area contributed by atoms with Gasteiger partial charge >= 0.3 is 5.91 Å². The Kier molecular flexibility index (Phi) is 3.18. The SMILES string of the molecule is NC(=O)c1nc2cc(NCc3cnc(C4CC4)nc3)ccc2o1. The number of carbonyl (C=O) groups excluding carboxylic acids is 1. The minimum absolute atomic E-state index is 0.0822. The molecule has 0 radical (unpaired) electrons.